The van der Waals surface area contributed by atoms with E-state index in [9.17, 15) is 9.18 Å². The van der Waals surface area contributed by atoms with Gasteiger partial charge in [-0.05, 0) is 44.2 Å². The van der Waals surface area contributed by atoms with Crippen molar-refractivity contribution in [2.45, 2.75) is 20.4 Å². The van der Waals surface area contributed by atoms with E-state index in [2.05, 4.69) is 15.1 Å². The molecule has 1 aromatic carbocycles. The zero-order chi connectivity index (χ0) is 19.2. The highest BCUT2D eigenvalue weighted by Crippen LogP contribution is 2.16. The maximum atomic E-state index is 13.4. The lowest BCUT2D eigenvalue weighted by atomic mass is 10.3. The van der Waals surface area contributed by atoms with Gasteiger partial charge in [-0.15, -0.1) is 0 Å². The molecule has 0 bridgehead atoms. The number of hydrazone groups is 1. The van der Waals surface area contributed by atoms with E-state index in [4.69, 9.17) is 9.15 Å². The summed E-state index contributed by atoms with van der Waals surface area (Å²) in [5, 5.41) is 3.95. The zero-order valence-electron chi connectivity index (χ0n) is 15.1. The fourth-order valence-corrected chi connectivity index (χ4v) is 2.67. The second-order valence-corrected chi connectivity index (χ2v) is 6.00. The van der Waals surface area contributed by atoms with Crippen LogP contribution < -0.4 is 10.2 Å². The predicted molar refractivity (Wildman–Crippen MR) is 99.3 cm³/mol. The van der Waals surface area contributed by atoms with Crippen molar-refractivity contribution in [3.05, 3.63) is 77.3 Å². The highest BCUT2D eigenvalue weighted by Gasteiger charge is 2.10. The molecule has 0 aliphatic rings. The van der Waals surface area contributed by atoms with Crippen molar-refractivity contribution in [2.24, 2.45) is 5.10 Å². The molecule has 2 aromatic heterocycles. The number of nitrogens with zero attached hydrogens (tertiary/aromatic N) is 2. The van der Waals surface area contributed by atoms with Crippen LogP contribution in [0.25, 0.3) is 0 Å². The minimum Gasteiger partial charge on any atom is -0.481 e. The molecule has 0 radical (unpaired) electrons. The summed E-state index contributed by atoms with van der Waals surface area (Å²) in [7, 11) is 0. The lowest BCUT2D eigenvalue weighted by Gasteiger charge is -2.07. The second kappa shape index (κ2) is 8.35. The molecule has 2 heterocycles. The third kappa shape index (κ3) is 4.63. The largest absolute Gasteiger partial charge is 0.481 e. The van der Waals surface area contributed by atoms with Crippen molar-refractivity contribution < 1.29 is 18.3 Å². The topological polar surface area (TPSA) is 68.8 Å². The molecule has 0 spiro atoms. The highest BCUT2D eigenvalue weighted by molar-refractivity contribution is 5.84. The summed E-state index contributed by atoms with van der Waals surface area (Å²) >= 11 is 0. The Morgan fingerprint density at radius 3 is 2.85 bits per heavy atom. The van der Waals surface area contributed by atoms with E-state index in [0.29, 0.717) is 6.54 Å². The zero-order valence-corrected chi connectivity index (χ0v) is 15.1. The minimum atomic E-state index is -0.516. The molecule has 27 heavy (non-hydrogen) atoms. The van der Waals surface area contributed by atoms with Gasteiger partial charge in [-0.25, -0.2) is 9.82 Å². The Kier molecular flexibility index (Phi) is 5.71. The van der Waals surface area contributed by atoms with Crippen LogP contribution in [0.5, 0.6) is 5.75 Å². The molecule has 1 amide bonds. The van der Waals surface area contributed by atoms with Crippen LogP contribution in [0.1, 0.15) is 22.7 Å². The maximum absolute atomic E-state index is 13.4. The molecule has 0 unspecified atom stereocenters. The van der Waals surface area contributed by atoms with Crippen LogP contribution in [0.3, 0.4) is 0 Å². The Labute approximate surface area is 156 Å². The number of rotatable bonds is 7. The standard InChI is InChI=1S/C20H20FN3O3/c1-14-10-16(15(2)24(14)12-17-6-5-9-26-17)11-22-23-20(25)13-27-19-8-4-3-7-18(19)21/h3-11H,12-13H2,1-2H3,(H,23,25)/b22-11-. The van der Waals surface area contributed by atoms with E-state index in [1.165, 1.54) is 12.1 Å². The molecular weight excluding hydrogens is 349 g/mol. The van der Waals surface area contributed by atoms with Crippen LogP contribution in [0, 0.1) is 19.7 Å². The molecule has 0 fully saturated rings. The van der Waals surface area contributed by atoms with Gasteiger partial charge in [0.2, 0.25) is 0 Å². The van der Waals surface area contributed by atoms with Gasteiger partial charge >= 0.3 is 0 Å². The Morgan fingerprint density at radius 2 is 2.11 bits per heavy atom. The predicted octanol–water partition coefficient (Wildman–Crippen LogP) is 3.41. The van der Waals surface area contributed by atoms with E-state index in [1.807, 2.05) is 32.0 Å². The molecule has 3 aromatic rings. The number of benzene rings is 1. The number of aryl methyl sites for hydroxylation is 1. The summed E-state index contributed by atoms with van der Waals surface area (Å²) in [4.78, 5) is 11.8. The molecule has 6 nitrogen and oxygen atoms in total. The van der Waals surface area contributed by atoms with Crippen LogP contribution >= 0.6 is 0 Å². The van der Waals surface area contributed by atoms with Crippen molar-refractivity contribution in [1.29, 1.82) is 0 Å². The number of aromatic nitrogens is 1. The van der Waals surface area contributed by atoms with Crippen LogP contribution in [0.4, 0.5) is 4.39 Å². The number of carbonyl (C=O) groups is 1. The third-order valence-corrected chi connectivity index (χ3v) is 4.10. The van der Waals surface area contributed by atoms with Gasteiger partial charge in [-0.3, -0.25) is 4.79 Å². The first kappa shape index (κ1) is 18.4. The summed E-state index contributed by atoms with van der Waals surface area (Å²) in [6.45, 7) is 4.27. The Morgan fingerprint density at radius 1 is 1.30 bits per heavy atom. The van der Waals surface area contributed by atoms with Crippen molar-refractivity contribution in [3.8, 4) is 5.75 Å². The first-order valence-corrected chi connectivity index (χ1v) is 8.43. The van der Waals surface area contributed by atoms with E-state index in [-0.39, 0.29) is 12.4 Å². The van der Waals surface area contributed by atoms with Crippen LogP contribution in [0.15, 0.2) is 58.2 Å². The summed E-state index contributed by atoms with van der Waals surface area (Å²) in [6.07, 6.45) is 3.22. The number of hydrogen-bond donors (Lipinski definition) is 1. The van der Waals surface area contributed by atoms with Gasteiger partial charge in [0, 0.05) is 17.0 Å². The van der Waals surface area contributed by atoms with E-state index in [1.54, 1.807) is 24.6 Å². The lowest BCUT2D eigenvalue weighted by Crippen LogP contribution is -2.24. The SMILES string of the molecule is Cc1cc(/C=N\NC(=O)COc2ccccc2F)c(C)n1Cc1ccco1. The van der Waals surface area contributed by atoms with Crippen molar-refractivity contribution in [2.75, 3.05) is 6.61 Å². The molecule has 1 N–H and O–H groups in total. The quantitative estimate of drug-likeness (QED) is 0.513. The van der Waals surface area contributed by atoms with Gasteiger partial charge < -0.3 is 13.7 Å². The molecule has 0 saturated heterocycles. The number of ether oxygens (including phenoxy) is 1. The smallest absolute Gasteiger partial charge is 0.277 e. The molecule has 140 valence electrons. The van der Waals surface area contributed by atoms with Gasteiger partial charge in [-0.1, -0.05) is 12.1 Å². The Balaban J connectivity index is 1.56. The number of hydrogen-bond acceptors (Lipinski definition) is 4. The van der Waals surface area contributed by atoms with Crippen molar-refractivity contribution >= 4 is 12.1 Å². The fourth-order valence-electron chi connectivity index (χ4n) is 2.67. The summed E-state index contributed by atoms with van der Waals surface area (Å²) < 4.78 is 26.1. The van der Waals surface area contributed by atoms with Crippen LogP contribution in [-0.4, -0.2) is 23.3 Å². The van der Waals surface area contributed by atoms with Gasteiger partial charge in [0.05, 0.1) is 19.0 Å². The average Bonchev–Trinajstić information content (AvgIpc) is 3.25. The summed E-state index contributed by atoms with van der Waals surface area (Å²) in [6, 6.07) is 11.7. The van der Waals surface area contributed by atoms with Crippen LogP contribution in [0.2, 0.25) is 0 Å². The number of carbonyl (C=O) groups excluding carboxylic acids is 1. The fraction of sp³-hybridized carbons (Fsp3) is 0.200. The first-order valence-electron chi connectivity index (χ1n) is 8.43. The van der Waals surface area contributed by atoms with E-state index >= 15 is 0 Å². The van der Waals surface area contributed by atoms with E-state index in [0.717, 1.165) is 22.7 Å². The van der Waals surface area contributed by atoms with Gasteiger partial charge in [0.1, 0.15) is 5.76 Å². The third-order valence-electron chi connectivity index (χ3n) is 4.10. The number of furan rings is 1. The second-order valence-electron chi connectivity index (χ2n) is 6.00. The molecule has 7 heteroatoms. The van der Waals surface area contributed by atoms with E-state index < -0.39 is 11.7 Å². The molecular formula is C20H20FN3O3. The summed E-state index contributed by atoms with van der Waals surface area (Å²) in [5.74, 6) is -0.103. The molecule has 3 rings (SSSR count). The average molecular weight is 369 g/mol. The molecule has 0 aliphatic heterocycles. The number of para-hydroxylation sites is 1. The Hall–Kier alpha value is -3.35. The number of halogens is 1. The molecule has 0 atom stereocenters. The Bertz CT molecular complexity index is 946. The monoisotopic (exact) mass is 369 g/mol. The van der Waals surface area contributed by atoms with Gasteiger partial charge in [-0.2, -0.15) is 5.10 Å². The van der Waals surface area contributed by atoms with Crippen molar-refractivity contribution in [1.82, 2.24) is 9.99 Å². The van der Waals surface area contributed by atoms with Crippen LogP contribution in [-0.2, 0) is 11.3 Å². The normalized spacial score (nSPS) is 11.1. The lowest BCUT2D eigenvalue weighted by molar-refractivity contribution is -0.123. The number of amides is 1. The number of nitrogens with one attached hydrogen (secondary N) is 1. The molecule has 0 saturated carbocycles. The maximum Gasteiger partial charge on any atom is 0.277 e. The first-order chi connectivity index (χ1) is 13.0. The van der Waals surface area contributed by atoms with Gasteiger partial charge in [0.15, 0.2) is 18.2 Å². The van der Waals surface area contributed by atoms with Crippen molar-refractivity contribution in [3.63, 3.8) is 0 Å². The molecule has 0 aliphatic carbocycles. The minimum absolute atomic E-state index is 0.0260. The summed E-state index contributed by atoms with van der Waals surface area (Å²) in [5.41, 5.74) is 5.32. The highest BCUT2D eigenvalue weighted by atomic mass is 19.1. The van der Waals surface area contributed by atoms with Gasteiger partial charge in [0.25, 0.3) is 5.91 Å².